The Labute approximate surface area is 92.9 Å². The second kappa shape index (κ2) is 4.76. The Morgan fingerprint density at radius 1 is 1.29 bits per heavy atom. The molecule has 0 saturated carbocycles. The Bertz CT molecular complexity index is 318. The van der Waals surface area contributed by atoms with Crippen LogP contribution in [0.1, 0.15) is 12.0 Å². The summed E-state index contributed by atoms with van der Waals surface area (Å²) < 4.78 is 6.91. The van der Waals surface area contributed by atoms with Gasteiger partial charge in [-0.2, -0.15) is 0 Å². The summed E-state index contributed by atoms with van der Waals surface area (Å²) in [6.45, 7) is 0.828. The summed E-state index contributed by atoms with van der Waals surface area (Å²) in [6.07, 6.45) is 4.37. The Balaban J connectivity index is 2.01. The third-order valence-corrected chi connectivity index (χ3v) is 2.98. The SMILES string of the molecule is BrC1=CC(Cc2ccccc2)OCC1. The minimum absolute atomic E-state index is 0.237. The molecular weight excluding hydrogens is 240 g/mol. The van der Waals surface area contributed by atoms with Gasteiger partial charge in [-0.3, -0.25) is 0 Å². The minimum atomic E-state index is 0.237. The van der Waals surface area contributed by atoms with Crippen molar-refractivity contribution in [3.8, 4) is 0 Å². The highest BCUT2D eigenvalue weighted by molar-refractivity contribution is 9.11. The third kappa shape index (κ3) is 2.69. The van der Waals surface area contributed by atoms with Crippen molar-refractivity contribution in [3.05, 3.63) is 46.5 Å². The molecule has 1 aliphatic rings. The molecule has 1 aromatic rings. The lowest BCUT2D eigenvalue weighted by Crippen LogP contribution is -2.18. The molecule has 0 bridgehead atoms. The average Bonchev–Trinajstić information content (AvgIpc) is 2.19. The molecule has 1 unspecified atom stereocenters. The molecule has 1 nitrogen and oxygen atoms in total. The van der Waals surface area contributed by atoms with Crippen LogP contribution in [0, 0.1) is 0 Å². The largest absolute Gasteiger partial charge is 0.373 e. The predicted octanol–water partition coefficient (Wildman–Crippen LogP) is 3.30. The zero-order valence-electron chi connectivity index (χ0n) is 7.95. The molecule has 74 valence electrons. The molecule has 0 aliphatic carbocycles. The Morgan fingerprint density at radius 3 is 2.79 bits per heavy atom. The first-order chi connectivity index (χ1) is 6.84. The molecule has 2 heteroatoms. The van der Waals surface area contributed by atoms with Crippen LogP contribution in [-0.4, -0.2) is 12.7 Å². The predicted molar refractivity (Wildman–Crippen MR) is 61.5 cm³/mol. The maximum atomic E-state index is 5.65. The molecule has 0 amide bonds. The fourth-order valence-electron chi connectivity index (χ4n) is 1.61. The molecule has 0 N–H and O–H groups in total. The van der Waals surface area contributed by atoms with E-state index in [0.717, 1.165) is 19.4 Å². The number of hydrogen-bond acceptors (Lipinski definition) is 1. The van der Waals surface area contributed by atoms with Crippen LogP contribution in [0.3, 0.4) is 0 Å². The smallest absolute Gasteiger partial charge is 0.0806 e. The van der Waals surface area contributed by atoms with Gasteiger partial charge in [-0.05, 0) is 16.1 Å². The Kier molecular flexibility index (Phi) is 3.38. The van der Waals surface area contributed by atoms with E-state index in [0.29, 0.717) is 0 Å². The number of ether oxygens (including phenoxy) is 1. The number of halogens is 1. The topological polar surface area (TPSA) is 9.23 Å². The van der Waals surface area contributed by atoms with Crippen LogP contribution in [0.5, 0.6) is 0 Å². The van der Waals surface area contributed by atoms with Gasteiger partial charge in [0.15, 0.2) is 0 Å². The van der Waals surface area contributed by atoms with Gasteiger partial charge in [-0.1, -0.05) is 46.3 Å². The van der Waals surface area contributed by atoms with Crippen LogP contribution >= 0.6 is 15.9 Å². The van der Waals surface area contributed by atoms with Crippen molar-refractivity contribution in [1.29, 1.82) is 0 Å². The molecule has 1 aliphatic heterocycles. The van der Waals surface area contributed by atoms with Crippen molar-refractivity contribution in [3.63, 3.8) is 0 Å². The molecule has 1 aromatic carbocycles. The third-order valence-electron chi connectivity index (χ3n) is 2.32. The van der Waals surface area contributed by atoms with E-state index in [4.69, 9.17) is 4.74 Å². The highest BCUT2D eigenvalue weighted by atomic mass is 79.9. The summed E-state index contributed by atoms with van der Waals surface area (Å²) in [5.74, 6) is 0. The van der Waals surface area contributed by atoms with Gasteiger partial charge in [0, 0.05) is 12.8 Å². The van der Waals surface area contributed by atoms with Gasteiger partial charge >= 0.3 is 0 Å². The van der Waals surface area contributed by atoms with Gasteiger partial charge in [0.05, 0.1) is 12.7 Å². The van der Waals surface area contributed by atoms with E-state index in [1.165, 1.54) is 10.0 Å². The van der Waals surface area contributed by atoms with Crippen molar-refractivity contribution in [2.45, 2.75) is 18.9 Å². The van der Waals surface area contributed by atoms with Crippen LogP contribution in [0.25, 0.3) is 0 Å². The number of rotatable bonds is 2. The Morgan fingerprint density at radius 2 is 2.07 bits per heavy atom. The normalized spacial score (nSPS) is 21.8. The summed E-state index contributed by atoms with van der Waals surface area (Å²) in [5, 5.41) is 0. The van der Waals surface area contributed by atoms with Crippen LogP contribution in [0.4, 0.5) is 0 Å². The van der Waals surface area contributed by atoms with E-state index in [-0.39, 0.29) is 6.10 Å². The van der Waals surface area contributed by atoms with Crippen LogP contribution in [-0.2, 0) is 11.2 Å². The van der Waals surface area contributed by atoms with Crippen molar-refractivity contribution in [2.75, 3.05) is 6.61 Å². The molecule has 1 heterocycles. The maximum Gasteiger partial charge on any atom is 0.0806 e. The summed E-state index contributed by atoms with van der Waals surface area (Å²) >= 11 is 3.52. The van der Waals surface area contributed by atoms with Gasteiger partial charge in [0.2, 0.25) is 0 Å². The molecule has 0 radical (unpaired) electrons. The summed E-state index contributed by atoms with van der Waals surface area (Å²) in [4.78, 5) is 0. The second-order valence-corrected chi connectivity index (χ2v) is 4.48. The second-order valence-electron chi connectivity index (χ2n) is 3.46. The van der Waals surface area contributed by atoms with Crippen molar-refractivity contribution in [1.82, 2.24) is 0 Å². The Hall–Kier alpha value is -0.600. The molecule has 0 saturated heterocycles. The molecule has 14 heavy (non-hydrogen) atoms. The van der Waals surface area contributed by atoms with E-state index in [2.05, 4.69) is 46.3 Å². The molecule has 0 spiro atoms. The van der Waals surface area contributed by atoms with Gasteiger partial charge in [-0.15, -0.1) is 0 Å². The lowest BCUT2D eigenvalue weighted by molar-refractivity contribution is 0.0796. The molecule has 0 aromatic heterocycles. The lowest BCUT2D eigenvalue weighted by atomic mass is 10.1. The first kappa shape index (κ1) is 9.94. The van der Waals surface area contributed by atoms with Crippen molar-refractivity contribution in [2.24, 2.45) is 0 Å². The highest BCUT2D eigenvalue weighted by Gasteiger charge is 2.12. The first-order valence-electron chi connectivity index (χ1n) is 4.86. The number of hydrogen-bond donors (Lipinski definition) is 0. The monoisotopic (exact) mass is 252 g/mol. The van der Waals surface area contributed by atoms with Gasteiger partial charge in [0.1, 0.15) is 0 Å². The summed E-state index contributed by atoms with van der Waals surface area (Å²) in [7, 11) is 0. The standard InChI is InChI=1S/C12H13BrO/c13-11-6-7-14-12(9-11)8-10-4-2-1-3-5-10/h1-5,9,12H,6-8H2. The van der Waals surface area contributed by atoms with E-state index >= 15 is 0 Å². The fourth-order valence-corrected chi connectivity index (χ4v) is 2.06. The van der Waals surface area contributed by atoms with Gasteiger partial charge in [0.25, 0.3) is 0 Å². The molecular formula is C12H13BrO. The van der Waals surface area contributed by atoms with Gasteiger partial charge < -0.3 is 4.74 Å². The van der Waals surface area contributed by atoms with Crippen molar-refractivity contribution >= 4 is 15.9 Å². The quantitative estimate of drug-likeness (QED) is 0.785. The minimum Gasteiger partial charge on any atom is -0.373 e. The summed E-state index contributed by atoms with van der Waals surface area (Å²) in [5.41, 5.74) is 1.33. The van der Waals surface area contributed by atoms with Crippen molar-refractivity contribution < 1.29 is 4.74 Å². The molecule has 2 rings (SSSR count). The van der Waals surface area contributed by atoms with Crippen LogP contribution in [0.15, 0.2) is 40.9 Å². The fraction of sp³-hybridized carbons (Fsp3) is 0.333. The molecule has 1 atom stereocenters. The van der Waals surface area contributed by atoms with E-state index in [1.54, 1.807) is 0 Å². The maximum absolute atomic E-state index is 5.65. The van der Waals surface area contributed by atoms with E-state index in [1.807, 2.05) is 6.07 Å². The van der Waals surface area contributed by atoms with Crippen LogP contribution in [0.2, 0.25) is 0 Å². The molecule has 0 fully saturated rings. The van der Waals surface area contributed by atoms with Gasteiger partial charge in [-0.25, -0.2) is 0 Å². The van der Waals surface area contributed by atoms with E-state index < -0.39 is 0 Å². The summed E-state index contributed by atoms with van der Waals surface area (Å²) in [6, 6.07) is 10.4. The lowest BCUT2D eigenvalue weighted by Gasteiger charge is -2.19. The highest BCUT2D eigenvalue weighted by Crippen LogP contribution is 2.20. The van der Waals surface area contributed by atoms with E-state index in [9.17, 15) is 0 Å². The zero-order valence-corrected chi connectivity index (χ0v) is 9.53. The number of benzene rings is 1. The first-order valence-corrected chi connectivity index (χ1v) is 5.65. The average molecular weight is 253 g/mol. The van der Waals surface area contributed by atoms with Crippen LogP contribution < -0.4 is 0 Å². The zero-order chi connectivity index (χ0) is 9.80.